The van der Waals surface area contributed by atoms with Crippen LogP contribution >= 0.6 is 0 Å². The number of carbonyl (C=O) groups is 2. The van der Waals surface area contributed by atoms with E-state index in [0.29, 0.717) is 25.1 Å². The number of rotatable bonds is 7. The van der Waals surface area contributed by atoms with E-state index < -0.39 is 17.5 Å². The number of aliphatic carboxylic acids is 1. The normalized spacial score (nSPS) is 13.3. The van der Waals surface area contributed by atoms with Gasteiger partial charge in [-0.25, -0.2) is 9.59 Å². The van der Waals surface area contributed by atoms with Crippen LogP contribution in [-0.2, 0) is 16.1 Å². The number of hydrogen-bond donors (Lipinski definition) is 3. The van der Waals surface area contributed by atoms with Gasteiger partial charge in [0.1, 0.15) is 5.54 Å². The Hall–Kier alpha value is -2.08. The minimum atomic E-state index is -1.28. The molecule has 0 saturated carbocycles. The van der Waals surface area contributed by atoms with E-state index in [1.165, 1.54) is 6.92 Å². The van der Waals surface area contributed by atoms with Gasteiger partial charge in [-0.3, -0.25) is 0 Å². The van der Waals surface area contributed by atoms with E-state index in [0.717, 1.165) is 5.56 Å². The Morgan fingerprint density at radius 1 is 1.33 bits per heavy atom. The van der Waals surface area contributed by atoms with Crippen LogP contribution in [0.1, 0.15) is 32.3 Å². The number of carbonyl (C=O) groups excluding carboxylic acids is 1. The van der Waals surface area contributed by atoms with Gasteiger partial charge in [0.25, 0.3) is 0 Å². The Morgan fingerprint density at radius 3 is 2.57 bits per heavy atom. The molecule has 0 aromatic heterocycles. The summed E-state index contributed by atoms with van der Waals surface area (Å²) in [5.74, 6) is -1.05. The fourth-order valence-corrected chi connectivity index (χ4v) is 2.05. The number of ether oxygens (including phenoxy) is 1. The van der Waals surface area contributed by atoms with Crippen molar-refractivity contribution < 1.29 is 19.4 Å². The van der Waals surface area contributed by atoms with Crippen LogP contribution in [0.2, 0.25) is 0 Å². The molecule has 0 spiro atoms. The highest BCUT2D eigenvalue weighted by Crippen LogP contribution is 2.17. The SMILES string of the molecule is CCCC(C)(NC(=O)Nc1ccccc1COC)C(=O)O. The highest BCUT2D eigenvalue weighted by atomic mass is 16.5. The molecule has 0 saturated heterocycles. The van der Waals surface area contributed by atoms with Gasteiger partial charge in [-0.05, 0) is 19.4 Å². The molecule has 1 rings (SSSR count). The van der Waals surface area contributed by atoms with Crippen molar-refractivity contribution in [1.82, 2.24) is 5.32 Å². The van der Waals surface area contributed by atoms with E-state index >= 15 is 0 Å². The topological polar surface area (TPSA) is 87.7 Å². The van der Waals surface area contributed by atoms with Crippen LogP contribution < -0.4 is 10.6 Å². The van der Waals surface area contributed by atoms with Crippen LogP contribution in [0.25, 0.3) is 0 Å². The molecule has 1 aromatic rings. The molecule has 3 N–H and O–H groups in total. The molecule has 116 valence electrons. The maximum atomic E-state index is 12.0. The van der Waals surface area contributed by atoms with Gasteiger partial charge >= 0.3 is 12.0 Å². The summed E-state index contributed by atoms with van der Waals surface area (Å²) in [5, 5.41) is 14.4. The second kappa shape index (κ2) is 7.64. The molecule has 6 heteroatoms. The first-order chi connectivity index (χ1) is 9.92. The van der Waals surface area contributed by atoms with E-state index in [4.69, 9.17) is 4.74 Å². The fourth-order valence-electron chi connectivity index (χ4n) is 2.05. The number of carboxylic acids is 1. The van der Waals surface area contributed by atoms with Crippen LogP contribution in [0.3, 0.4) is 0 Å². The summed E-state index contributed by atoms with van der Waals surface area (Å²) in [5.41, 5.74) is 0.137. The van der Waals surface area contributed by atoms with Crippen LogP contribution in [0.15, 0.2) is 24.3 Å². The summed E-state index contributed by atoms with van der Waals surface area (Å²) >= 11 is 0. The Kier molecular flexibility index (Phi) is 6.17. The summed E-state index contributed by atoms with van der Waals surface area (Å²) in [7, 11) is 1.57. The third-order valence-electron chi connectivity index (χ3n) is 3.18. The molecule has 0 aliphatic carbocycles. The Labute approximate surface area is 124 Å². The van der Waals surface area contributed by atoms with Crippen molar-refractivity contribution in [2.45, 2.75) is 38.8 Å². The molecular weight excluding hydrogens is 272 g/mol. The summed E-state index contributed by atoms with van der Waals surface area (Å²) in [4.78, 5) is 23.3. The maximum absolute atomic E-state index is 12.0. The van der Waals surface area contributed by atoms with Crippen LogP contribution in [0.5, 0.6) is 0 Å². The standard InChI is InChI=1S/C15H22N2O4/c1-4-9-15(2,13(18)19)17-14(20)16-12-8-6-5-7-11(12)10-21-3/h5-8H,4,9-10H2,1-3H3,(H,18,19)(H2,16,17,20). The monoisotopic (exact) mass is 294 g/mol. The van der Waals surface area contributed by atoms with Gasteiger partial charge in [0, 0.05) is 18.4 Å². The van der Waals surface area contributed by atoms with Crippen molar-refractivity contribution in [2.24, 2.45) is 0 Å². The lowest BCUT2D eigenvalue weighted by Gasteiger charge is -2.26. The molecule has 0 bridgehead atoms. The Bertz CT molecular complexity index is 504. The van der Waals surface area contributed by atoms with Crippen molar-refractivity contribution in [2.75, 3.05) is 12.4 Å². The van der Waals surface area contributed by atoms with E-state index in [1.54, 1.807) is 19.2 Å². The molecule has 21 heavy (non-hydrogen) atoms. The third-order valence-corrected chi connectivity index (χ3v) is 3.18. The minimum absolute atomic E-state index is 0.357. The zero-order chi connectivity index (χ0) is 15.9. The number of hydrogen-bond acceptors (Lipinski definition) is 3. The maximum Gasteiger partial charge on any atom is 0.329 e. The highest BCUT2D eigenvalue weighted by Gasteiger charge is 2.33. The molecule has 0 aliphatic rings. The third kappa shape index (κ3) is 4.75. The smallest absolute Gasteiger partial charge is 0.329 e. The van der Waals surface area contributed by atoms with Crippen molar-refractivity contribution >= 4 is 17.7 Å². The molecule has 1 aromatic carbocycles. The van der Waals surface area contributed by atoms with E-state index in [2.05, 4.69) is 10.6 Å². The molecule has 1 unspecified atom stereocenters. The van der Waals surface area contributed by atoms with Gasteiger partial charge in [-0.1, -0.05) is 31.5 Å². The van der Waals surface area contributed by atoms with Crippen LogP contribution in [-0.4, -0.2) is 29.8 Å². The molecular formula is C15H22N2O4. The summed E-state index contributed by atoms with van der Waals surface area (Å²) < 4.78 is 5.06. The lowest BCUT2D eigenvalue weighted by atomic mass is 9.97. The van der Waals surface area contributed by atoms with Crippen molar-refractivity contribution in [3.63, 3.8) is 0 Å². The van der Waals surface area contributed by atoms with Gasteiger partial charge in [0.15, 0.2) is 0 Å². The fraction of sp³-hybridized carbons (Fsp3) is 0.467. The van der Waals surface area contributed by atoms with Gasteiger partial charge < -0.3 is 20.5 Å². The number of nitrogens with one attached hydrogen (secondary N) is 2. The largest absolute Gasteiger partial charge is 0.480 e. The number of urea groups is 1. The van der Waals surface area contributed by atoms with Crippen LogP contribution in [0, 0.1) is 0 Å². The molecule has 0 fully saturated rings. The minimum Gasteiger partial charge on any atom is -0.480 e. The van der Waals surface area contributed by atoms with E-state index in [-0.39, 0.29) is 0 Å². The highest BCUT2D eigenvalue weighted by molar-refractivity contribution is 5.94. The zero-order valence-corrected chi connectivity index (χ0v) is 12.6. The van der Waals surface area contributed by atoms with Crippen molar-refractivity contribution in [3.05, 3.63) is 29.8 Å². The first kappa shape index (κ1) is 17.0. The van der Waals surface area contributed by atoms with Gasteiger partial charge in [-0.2, -0.15) is 0 Å². The van der Waals surface area contributed by atoms with Gasteiger partial charge in [0.2, 0.25) is 0 Å². The summed E-state index contributed by atoms with van der Waals surface area (Å²) in [6.07, 6.45) is 1.01. The molecule has 0 radical (unpaired) electrons. The average Bonchev–Trinajstić information content (AvgIpc) is 2.41. The summed E-state index contributed by atoms with van der Waals surface area (Å²) in [6, 6.07) is 6.66. The Balaban J connectivity index is 2.79. The second-order valence-electron chi connectivity index (χ2n) is 5.06. The lowest BCUT2D eigenvalue weighted by Crippen LogP contribution is -2.53. The van der Waals surface area contributed by atoms with Crippen LogP contribution in [0.4, 0.5) is 10.5 Å². The molecule has 2 amide bonds. The quantitative estimate of drug-likeness (QED) is 0.721. The summed E-state index contributed by atoms with van der Waals surface area (Å²) in [6.45, 7) is 3.73. The second-order valence-corrected chi connectivity index (χ2v) is 5.06. The average molecular weight is 294 g/mol. The number of benzene rings is 1. The Morgan fingerprint density at radius 2 is 2.00 bits per heavy atom. The van der Waals surface area contributed by atoms with Gasteiger partial charge in [-0.15, -0.1) is 0 Å². The number of anilines is 1. The molecule has 1 atom stereocenters. The first-order valence-corrected chi connectivity index (χ1v) is 6.82. The molecule has 6 nitrogen and oxygen atoms in total. The molecule has 0 heterocycles. The lowest BCUT2D eigenvalue weighted by molar-refractivity contribution is -0.143. The number of carboxylic acid groups (broad SMARTS) is 1. The number of methoxy groups -OCH3 is 1. The number of para-hydroxylation sites is 1. The van der Waals surface area contributed by atoms with Crippen molar-refractivity contribution in [1.29, 1.82) is 0 Å². The van der Waals surface area contributed by atoms with Crippen molar-refractivity contribution in [3.8, 4) is 0 Å². The van der Waals surface area contributed by atoms with E-state index in [9.17, 15) is 14.7 Å². The predicted octanol–water partition coefficient (Wildman–Crippen LogP) is 2.60. The molecule has 0 aliphatic heterocycles. The van der Waals surface area contributed by atoms with E-state index in [1.807, 2.05) is 19.1 Å². The number of amides is 2. The zero-order valence-electron chi connectivity index (χ0n) is 12.6. The predicted molar refractivity (Wildman–Crippen MR) is 80.3 cm³/mol. The first-order valence-electron chi connectivity index (χ1n) is 6.82. The van der Waals surface area contributed by atoms with Gasteiger partial charge in [0.05, 0.1) is 6.61 Å².